The number of nitrogens with zero attached hydrogens (tertiary/aromatic N) is 1. The summed E-state index contributed by atoms with van der Waals surface area (Å²) in [5.41, 5.74) is 2.63. The molecule has 1 rings (SSSR count). The van der Waals surface area contributed by atoms with Crippen LogP contribution in [0.4, 0.5) is 0 Å². The van der Waals surface area contributed by atoms with Crippen LogP contribution in [-0.2, 0) is 6.54 Å². The van der Waals surface area contributed by atoms with E-state index < -0.39 is 0 Å². The Labute approximate surface area is 108 Å². The molecule has 0 fully saturated rings. The molecule has 1 aromatic carbocycles. The van der Waals surface area contributed by atoms with Gasteiger partial charge in [0, 0.05) is 24.3 Å². The van der Waals surface area contributed by atoms with Gasteiger partial charge in [0.2, 0.25) is 0 Å². The Morgan fingerprint density at radius 1 is 1.19 bits per heavy atom. The van der Waals surface area contributed by atoms with Crippen LogP contribution >= 0.6 is 21.8 Å². The highest BCUT2D eigenvalue weighted by Gasteiger charge is 2.04. The van der Waals surface area contributed by atoms with E-state index in [1.807, 2.05) is 0 Å². The van der Waals surface area contributed by atoms with Crippen molar-refractivity contribution in [3.8, 4) is 0 Å². The number of benzene rings is 1. The Kier molecular flexibility index (Phi) is 6.93. The van der Waals surface area contributed by atoms with E-state index in [1.165, 1.54) is 41.6 Å². The first-order valence-electron chi connectivity index (χ1n) is 5.85. The minimum atomic E-state index is 0.929. The lowest BCUT2D eigenvalue weighted by Crippen LogP contribution is -2.15. The summed E-state index contributed by atoms with van der Waals surface area (Å²) in [5.74, 6) is 0. The molecule has 0 amide bonds. The molecule has 0 bridgehead atoms. The van der Waals surface area contributed by atoms with Crippen molar-refractivity contribution in [1.29, 1.82) is 0 Å². The van der Waals surface area contributed by atoms with Gasteiger partial charge in [0.15, 0.2) is 0 Å². The van der Waals surface area contributed by atoms with Gasteiger partial charge in [-0.1, -0.05) is 49.6 Å². The quantitative estimate of drug-likeness (QED) is 0.510. The van der Waals surface area contributed by atoms with E-state index in [9.17, 15) is 0 Å². The summed E-state index contributed by atoms with van der Waals surface area (Å²) in [5, 5.41) is 0. The number of hydrogen-bond acceptors (Lipinski definition) is 2. The molecule has 0 radical (unpaired) electrons. The van der Waals surface area contributed by atoms with E-state index in [0.29, 0.717) is 0 Å². The van der Waals surface area contributed by atoms with Crippen molar-refractivity contribution in [2.45, 2.75) is 39.7 Å². The molecule has 0 saturated heterocycles. The molecule has 0 saturated carbocycles. The SMILES string of the molecule is CCCCCN(Cc1ccc(C)cc1)SCl. The fourth-order valence-corrected chi connectivity index (χ4v) is 2.32. The summed E-state index contributed by atoms with van der Waals surface area (Å²) in [4.78, 5) is 0. The normalized spacial score (nSPS) is 11.0. The fraction of sp³-hybridized carbons (Fsp3) is 0.538. The minimum Gasteiger partial charge on any atom is -0.233 e. The molecule has 0 spiro atoms. The Morgan fingerprint density at radius 3 is 2.44 bits per heavy atom. The third-order valence-electron chi connectivity index (χ3n) is 2.59. The van der Waals surface area contributed by atoms with Crippen LogP contribution in [0, 0.1) is 6.92 Å². The number of aryl methyl sites for hydroxylation is 1. The van der Waals surface area contributed by atoms with Gasteiger partial charge in [0.05, 0.1) is 0 Å². The summed E-state index contributed by atoms with van der Waals surface area (Å²) in [6, 6.07) is 8.65. The molecule has 0 heterocycles. The van der Waals surface area contributed by atoms with Crippen molar-refractivity contribution >= 4 is 21.8 Å². The van der Waals surface area contributed by atoms with Crippen LogP contribution in [0.5, 0.6) is 0 Å². The number of hydrogen-bond donors (Lipinski definition) is 0. The predicted octanol–water partition coefficient (Wildman–Crippen LogP) is 4.79. The lowest BCUT2D eigenvalue weighted by molar-refractivity contribution is 0.449. The molecular weight excluding hydrogens is 238 g/mol. The van der Waals surface area contributed by atoms with E-state index in [2.05, 4.69) is 42.4 Å². The monoisotopic (exact) mass is 257 g/mol. The Balaban J connectivity index is 2.40. The molecule has 0 aliphatic carbocycles. The summed E-state index contributed by atoms with van der Waals surface area (Å²) < 4.78 is 2.21. The van der Waals surface area contributed by atoms with Crippen LogP contribution in [0.2, 0.25) is 0 Å². The van der Waals surface area contributed by atoms with Gasteiger partial charge in [-0.3, -0.25) is 0 Å². The zero-order valence-corrected chi connectivity index (χ0v) is 11.7. The van der Waals surface area contributed by atoms with Gasteiger partial charge in [-0.05, 0) is 29.6 Å². The largest absolute Gasteiger partial charge is 0.233 e. The molecular formula is C13H20ClNS. The smallest absolute Gasteiger partial charge is 0.0351 e. The summed E-state index contributed by atoms with van der Waals surface area (Å²) >= 11 is 1.32. The maximum atomic E-state index is 5.87. The van der Waals surface area contributed by atoms with Gasteiger partial charge in [-0.25, -0.2) is 4.31 Å². The van der Waals surface area contributed by atoms with Crippen LogP contribution < -0.4 is 0 Å². The Hall–Kier alpha value is -0.180. The lowest BCUT2D eigenvalue weighted by Gasteiger charge is -2.17. The minimum absolute atomic E-state index is 0.929. The topological polar surface area (TPSA) is 3.24 Å². The Bertz CT molecular complexity index is 286. The predicted molar refractivity (Wildman–Crippen MR) is 74.6 cm³/mol. The molecule has 1 aromatic rings. The molecule has 0 aliphatic heterocycles. The first-order valence-corrected chi connectivity index (χ1v) is 7.45. The zero-order valence-electron chi connectivity index (χ0n) is 10.1. The third-order valence-corrected chi connectivity index (χ3v) is 3.68. The highest BCUT2D eigenvalue weighted by molar-refractivity contribution is 8.19. The molecule has 0 aromatic heterocycles. The first kappa shape index (κ1) is 13.9. The average Bonchev–Trinajstić information content (AvgIpc) is 2.31. The van der Waals surface area contributed by atoms with E-state index in [-0.39, 0.29) is 0 Å². The van der Waals surface area contributed by atoms with Gasteiger partial charge >= 0.3 is 0 Å². The van der Waals surface area contributed by atoms with Crippen LogP contribution in [0.1, 0.15) is 37.3 Å². The first-order chi connectivity index (χ1) is 7.76. The molecule has 0 N–H and O–H groups in total. The van der Waals surface area contributed by atoms with Crippen molar-refractivity contribution in [1.82, 2.24) is 4.31 Å². The van der Waals surface area contributed by atoms with Crippen molar-refractivity contribution in [2.75, 3.05) is 6.54 Å². The summed E-state index contributed by atoms with van der Waals surface area (Å²) in [6.07, 6.45) is 3.76. The highest BCUT2D eigenvalue weighted by Crippen LogP contribution is 2.19. The van der Waals surface area contributed by atoms with Gasteiger partial charge in [0.1, 0.15) is 0 Å². The van der Waals surface area contributed by atoms with Crippen LogP contribution in [0.25, 0.3) is 0 Å². The van der Waals surface area contributed by atoms with Crippen molar-refractivity contribution in [3.63, 3.8) is 0 Å². The van der Waals surface area contributed by atoms with Gasteiger partial charge in [0.25, 0.3) is 0 Å². The molecule has 0 unspecified atom stereocenters. The number of unbranched alkanes of at least 4 members (excludes halogenated alkanes) is 2. The number of rotatable bonds is 7. The van der Waals surface area contributed by atoms with E-state index in [0.717, 1.165) is 13.1 Å². The maximum absolute atomic E-state index is 5.87. The molecule has 1 nitrogen and oxygen atoms in total. The number of halogens is 1. The second-order valence-corrected chi connectivity index (χ2v) is 5.19. The van der Waals surface area contributed by atoms with E-state index >= 15 is 0 Å². The van der Waals surface area contributed by atoms with Crippen molar-refractivity contribution in [3.05, 3.63) is 35.4 Å². The Morgan fingerprint density at radius 2 is 1.88 bits per heavy atom. The second kappa shape index (κ2) is 7.99. The van der Waals surface area contributed by atoms with Gasteiger partial charge < -0.3 is 0 Å². The second-order valence-electron chi connectivity index (χ2n) is 4.13. The molecule has 90 valence electrons. The lowest BCUT2D eigenvalue weighted by atomic mass is 10.1. The van der Waals surface area contributed by atoms with Crippen molar-refractivity contribution < 1.29 is 0 Å². The highest BCUT2D eigenvalue weighted by atomic mass is 35.7. The van der Waals surface area contributed by atoms with Gasteiger partial charge in [-0.15, -0.1) is 0 Å². The standard InChI is InChI=1S/C13H20ClNS/c1-3-4-5-10-15(16-14)11-13-8-6-12(2)7-9-13/h6-9H,3-5,10-11H2,1-2H3. The summed E-state index contributed by atoms with van der Waals surface area (Å²) in [6.45, 7) is 6.32. The van der Waals surface area contributed by atoms with Crippen LogP contribution in [0.15, 0.2) is 24.3 Å². The maximum Gasteiger partial charge on any atom is 0.0351 e. The molecule has 16 heavy (non-hydrogen) atoms. The fourth-order valence-electron chi connectivity index (χ4n) is 1.57. The van der Waals surface area contributed by atoms with E-state index in [4.69, 9.17) is 10.7 Å². The molecule has 3 heteroatoms. The third kappa shape index (κ3) is 5.24. The van der Waals surface area contributed by atoms with Crippen LogP contribution in [0.3, 0.4) is 0 Å². The molecule has 0 atom stereocenters. The van der Waals surface area contributed by atoms with Crippen molar-refractivity contribution in [2.24, 2.45) is 0 Å². The van der Waals surface area contributed by atoms with Gasteiger partial charge in [-0.2, -0.15) is 0 Å². The average molecular weight is 258 g/mol. The van der Waals surface area contributed by atoms with Crippen LogP contribution in [-0.4, -0.2) is 10.8 Å². The zero-order chi connectivity index (χ0) is 11.8. The van der Waals surface area contributed by atoms with E-state index in [1.54, 1.807) is 0 Å². The molecule has 0 aliphatic rings. The summed E-state index contributed by atoms with van der Waals surface area (Å²) in [7, 11) is 5.87.